The van der Waals surface area contributed by atoms with Crippen molar-refractivity contribution in [2.75, 3.05) is 0 Å². The average Bonchev–Trinajstić information content (AvgIpc) is 1.50. The summed E-state index contributed by atoms with van der Waals surface area (Å²) < 4.78 is 97.9. The van der Waals surface area contributed by atoms with Crippen LogP contribution in [0, 0.1) is 11.3 Å². The summed E-state index contributed by atoms with van der Waals surface area (Å²) >= 11 is 0. The molecule has 0 saturated carbocycles. The number of alkyl halides is 6. The number of benzene rings is 12. The monoisotopic (exact) mass is 1200 g/mol. The lowest BCUT2D eigenvalue weighted by Gasteiger charge is -2.24. The second-order valence-electron chi connectivity index (χ2n) is 23.2. The van der Waals surface area contributed by atoms with Crippen LogP contribution in [0.1, 0.15) is 16.7 Å². The van der Waals surface area contributed by atoms with E-state index in [1.54, 1.807) is 24.3 Å². The Balaban J connectivity index is 1.11. The Labute approximate surface area is 521 Å². The van der Waals surface area contributed by atoms with Crippen molar-refractivity contribution in [2.24, 2.45) is 0 Å². The standard InChI is InChI=1S/C80H46F6N6/c81-79(82,83)56-33-39-73-64(45-56)58-25-13-15-27-67(58)91(73)77-75(89-69-35-29-52(48-17-5-1-6-18-48)41-60(69)61-42-53(30-36-70(61)89)49-19-7-2-8-20-49)66(47-87)76(78(88-77)92-68-28-16-14-26-59(68)65-46-57(80(84,85)86)34-40-74(65)92)90-71-37-31-54(50-21-9-3-10-22-50)43-62(71)63-44-55(32-38-72(63)90)51-23-11-4-12-24-51/h1-46H. The molecule has 438 valence electrons. The molecular weight excluding hydrogens is 1160 g/mol. The number of pyridine rings is 1. The fraction of sp³-hybridized carbons (Fsp3) is 0.0250. The van der Waals surface area contributed by atoms with Crippen LogP contribution in [0.15, 0.2) is 279 Å². The second-order valence-corrected chi connectivity index (χ2v) is 23.2. The first-order valence-electron chi connectivity index (χ1n) is 30.0. The van der Waals surface area contributed by atoms with E-state index in [0.717, 1.165) is 90.3 Å². The first-order valence-corrected chi connectivity index (χ1v) is 30.0. The number of aromatic nitrogens is 5. The van der Waals surface area contributed by atoms with Crippen molar-refractivity contribution in [3.05, 3.63) is 296 Å². The van der Waals surface area contributed by atoms with Gasteiger partial charge in [0.25, 0.3) is 0 Å². The first kappa shape index (κ1) is 54.2. The Kier molecular flexibility index (Phi) is 12.1. The molecule has 17 aromatic rings. The van der Waals surface area contributed by atoms with Crippen LogP contribution in [0.25, 0.3) is 155 Å². The quantitative estimate of drug-likeness (QED) is 0.142. The van der Waals surface area contributed by atoms with Crippen molar-refractivity contribution < 1.29 is 26.3 Å². The maximum Gasteiger partial charge on any atom is 0.416 e. The highest BCUT2D eigenvalue weighted by Crippen LogP contribution is 2.48. The summed E-state index contributed by atoms with van der Waals surface area (Å²) in [5, 5.41) is 17.9. The van der Waals surface area contributed by atoms with Gasteiger partial charge < -0.3 is 9.13 Å². The lowest BCUT2D eigenvalue weighted by molar-refractivity contribution is -0.138. The zero-order chi connectivity index (χ0) is 62.1. The molecule has 0 aliphatic heterocycles. The van der Waals surface area contributed by atoms with Gasteiger partial charge in [-0.25, -0.2) is 4.98 Å². The molecule has 12 heteroatoms. The van der Waals surface area contributed by atoms with E-state index in [-0.39, 0.29) is 28.0 Å². The summed E-state index contributed by atoms with van der Waals surface area (Å²) in [6, 6.07) is 89.8. The van der Waals surface area contributed by atoms with Crippen molar-refractivity contribution in [3.63, 3.8) is 0 Å². The fourth-order valence-corrected chi connectivity index (χ4v) is 13.9. The first-order chi connectivity index (χ1) is 44.9. The third-order valence-corrected chi connectivity index (χ3v) is 18.1. The number of rotatable bonds is 8. The Hall–Kier alpha value is -11.9. The van der Waals surface area contributed by atoms with Gasteiger partial charge in [0.15, 0.2) is 11.6 Å². The van der Waals surface area contributed by atoms with Gasteiger partial charge in [-0.3, -0.25) is 9.13 Å². The fourth-order valence-electron chi connectivity index (χ4n) is 13.9. The molecule has 0 saturated heterocycles. The van der Waals surface area contributed by atoms with E-state index < -0.39 is 23.5 Å². The number of halogens is 6. The summed E-state index contributed by atoms with van der Waals surface area (Å²) in [5.41, 5.74) is 11.2. The van der Waals surface area contributed by atoms with Crippen LogP contribution in [-0.4, -0.2) is 23.3 Å². The minimum Gasteiger partial charge on any atom is -0.305 e. The molecule has 17 rings (SSSR count). The predicted molar refractivity (Wildman–Crippen MR) is 358 cm³/mol. The number of para-hydroxylation sites is 2. The van der Waals surface area contributed by atoms with E-state index in [0.29, 0.717) is 66.3 Å². The average molecular weight is 1210 g/mol. The molecule has 92 heavy (non-hydrogen) atoms. The van der Waals surface area contributed by atoms with E-state index in [4.69, 9.17) is 4.98 Å². The SMILES string of the molecule is N#Cc1c(-n2c3ccc(-c4ccccc4)cc3c3cc(-c4ccccc4)ccc32)c(-n2c3ccccc3c3cc(C(F)(F)F)ccc32)nc(-n2c3ccccc3c3cc(C(F)(F)F)ccc32)c1-n1c2ccc(-c3ccccc3)cc2c2cc(-c3ccccc3)ccc21. The minimum absolute atomic E-state index is 0.108. The summed E-state index contributed by atoms with van der Waals surface area (Å²) in [4.78, 5) is 6.00. The van der Waals surface area contributed by atoms with E-state index in [9.17, 15) is 5.26 Å². The Morgan fingerprint density at radius 2 is 0.522 bits per heavy atom. The van der Waals surface area contributed by atoms with Gasteiger partial charge in [0.1, 0.15) is 23.0 Å². The van der Waals surface area contributed by atoms with E-state index in [1.165, 1.54) is 12.1 Å². The van der Waals surface area contributed by atoms with Gasteiger partial charge in [-0.1, -0.05) is 182 Å². The maximum absolute atomic E-state index is 15.0. The summed E-state index contributed by atoms with van der Waals surface area (Å²) in [5.74, 6) is 0.335. The van der Waals surface area contributed by atoms with E-state index >= 15 is 26.3 Å². The highest BCUT2D eigenvalue weighted by molar-refractivity contribution is 6.16. The van der Waals surface area contributed by atoms with Crippen LogP contribution in [0.3, 0.4) is 0 Å². The zero-order valence-corrected chi connectivity index (χ0v) is 48.5. The molecular formula is C80H46F6N6. The van der Waals surface area contributed by atoms with Crippen molar-refractivity contribution in [2.45, 2.75) is 12.4 Å². The largest absolute Gasteiger partial charge is 0.416 e. The summed E-state index contributed by atoms with van der Waals surface area (Å²) in [6.45, 7) is 0. The normalized spacial score (nSPS) is 12.2. The lowest BCUT2D eigenvalue weighted by atomic mass is 10.0. The molecule has 0 unspecified atom stereocenters. The smallest absolute Gasteiger partial charge is 0.305 e. The van der Waals surface area contributed by atoms with Crippen LogP contribution in [0.4, 0.5) is 26.3 Å². The van der Waals surface area contributed by atoms with Crippen LogP contribution in [-0.2, 0) is 12.4 Å². The molecule has 0 spiro atoms. The highest BCUT2D eigenvalue weighted by atomic mass is 19.4. The van der Waals surface area contributed by atoms with Gasteiger partial charge in [-0.2, -0.15) is 31.6 Å². The molecule has 0 atom stereocenters. The third-order valence-electron chi connectivity index (χ3n) is 18.1. The molecule has 0 amide bonds. The summed E-state index contributed by atoms with van der Waals surface area (Å²) in [7, 11) is 0. The molecule has 0 N–H and O–H groups in total. The number of nitrogens with zero attached hydrogens (tertiary/aromatic N) is 6. The van der Waals surface area contributed by atoms with Crippen LogP contribution in [0.5, 0.6) is 0 Å². The Morgan fingerprint density at radius 3 is 0.826 bits per heavy atom. The molecule has 5 heterocycles. The van der Waals surface area contributed by atoms with Gasteiger partial charge in [0, 0.05) is 43.1 Å². The van der Waals surface area contributed by atoms with Gasteiger partial charge >= 0.3 is 12.4 Å². The number of hydrogen-bond acceptors (Lipinski definition) is 2. The minimum atomic E-state index is -4.70. The lowest BCUT2D eigenvalue weighted by Crippen LogP contribution is -2.16. The Bertz CT molecular complexity index is 5360. The van der Waals surface area contributed by atoms with Gasteiger partial charge in [0.2, 0.25) is 0 Å². The van der Waals surface area contributed by atoms with Gasteiger partial charge in [0.05, 0.1) is 55.3 Å². The van der Waals surface area contributed by atoms with E-state index in [2.05, 4.69) is 88.0 Å². The molecule has 0 radical (unpaired) electrons. The Morgan fingerprint density at radius 1 is 0.261 bits per heavy atom. The van der Waals surface area contributed by atoms with Crippen molar-refractivity contribution >= 4 is 87.2 Å². The van der Waals surface area contributed by atoms with Crippen molar-refractivity contribution in [3.8, 4) is 73.6 Å². The van der Waals surface area contributed by atoms with Gasteiger partial charge in [-0.15, -0.1) is 0 Å². The molecule has 0 aliphatic rings. The van der Waals surface area contributed by atoms with Gasteiger partial charge in [-0.05, 0) is 142 Å². The number of fused-ring (bicyclic) bond motifs is 12. The third kappa shape index (κ3) is 8.46. The maximum atomic E-state index is 15.0. The predicted octanol–water partition coefficient (Wildman–Crippen LogP) is 22.0. The van der Waals surface area contributed by atoms with Crippen molar-refractivity contribution in [1.29, 1.82) is 5.26 Å². The summed E-state index contributed by atoms with van der Waals surface area (Å²) in [6.07, 6.45) is -9.39. The highest BCUT2D eigenvalue weighted by Gasteiger charge is 2.36. The molecule has 0 aliphatic carbocycles. The molecule has 12 aromatic carbocycles. The topological polar surface area (TPSA) is 56.4 Å². The number of hydrogen-bond donors (Lipinski definition) is 0. The van der Waals surface area contributed by atoms with Crippen molar-refractivity contribution in [1.82, 2.24) is 23.3 Å². The van der Waals surface area contributed by atoms with Crippen LogP contribution < -0.4 is 0 Å². The van der Waals surface area contributed by atoms with Crippen LogP contribution >= 0.6 is 0 Å². The van der Waals surface area contributed by atoms with Crippen LogP contribution in [0.2, 0.25) is 0 Å². The zero-order valence-electron chi connectivity index (χ0n) is 48.5. The number of nitriles is 1. The molecule has 0 fully saturated rings. The molecule has 0 bridgehead atoms. The second kappa shape index (κ2) is 20.6. The van der Waals surface area contributed by atoms with E-state index in [1.807, 2.05) is 155 Å². The molecule has 6 nitrogen and oxygen atoms in total. The molecule has 5 aromatic heterocycles.